The van der Waals surface area contributed by atoms with E-state index in [4.69, 9.17) is 0 Å². The summed E-state index contributed by atoms with van der Waals surface area (Å²) < 4.78 is 25.4. The van der Waals surface area contributed by atoms with Crippen LogP contribution in [-0.2, 0) is 19.4 Å². The number of aryl methyl sites for hydroxylation is 1. The first-order valence-corrected chi connectivity index (χ1v) is 11.4. The molecule has 0 aliphatic carbocycles. The van der Waals surface area contributed by atoms with E-state index in [1.807, 2.05) is 31.2 Å². The number of fused-ring (bicyclic) bond motifs is 1. The maximum atomic E-state index is 12.7. The average Bonchev–Trinajstić information content (AvgIpc) is 2.66. The maximum Gasteiger partial charge on any atom is 0.237 e. The Labute approximate surface area is 169 Å². The molecule has 3 rings (SSSR count). The zero-order valence-electron chi connectivity index (χ0n) is 15.9. The number of nitrogens with zero attached hydrogens (tertiary/aromatic N) is 1. The van der Waals surface area contributed by atoms with Crippen molar-refractivity contribution in [3.63, 3.8) is 0 Å². The van der Waals surface area contributed by atoms with Crippen molar-refractivity contribution in [2.45, 2.75) is 35.3 Å². The topological polar surface area (TPSA) is 83.6 Å². The number of hydrogen-bond acceptors (Lipinski definition) is 5. The summed E-state index contributed by atoms with van der Waals surface area (Å²) in [6.07, 6.45) is -0.123. The molecule has 2 aromatic rings. The van der Waals surface area contributed by atoms with E-state index in [2.05, 4.69) is 5.32 Å². The molecule has 2 amide bonds. The molecule has 2 aromatic carbocycles. The SMILES string of the molecule is Cc1ccc(N(C)C(=O)CCS(=O)(=O)c2ccc3c(c2)NC(=O)[C@@H](C)S3)cc1. The van der Waals surface area contributed by atoms with Crippen LogP contribution in [-0.4, -0.2) is 38.3 Å². The summed E-state index contributed by atoms with van der Waals surface area (Å²) in [5.74, 6) is -0.719. The molecule has 1 aliphatic rings. The van der Waals surface area contributed by atoms with E-state index in [1.165, 1.54) is 28.8 Å². The third-order valence-electron chi connectivity index (χ3n) is 4.62. The van der Waals surface area contributed by atoms with Crippen LogP contribution in [0, 0.1) is 6.92 Å². The number of carbonyl (C=O) groups excluding carboxylic acids is 2. The van der Waals surface area contributed by atoms with Gasteiger partial charge in [0.15, 0.2) is 9.84 Å². The van der Waals surface area contributed by atoms with E-state index in [9.17, 15) is 18.0 Å². The number of rotatable bonds is 5. The highest BCUT2D eigenvalue weighted by molar-refractivity contribution is 8.01. The van der Waals surface area contributed by atoms with Crippen molar-refractivity contribution in [1.82, 2.24) is 0 Å². The van der Waals surface area contributed by atoms with Crippen molar-refractivity contribution in [3.05, 3.63) is 48.0 Å². The summed E-state index contributed by atoms with van der Waals surface area (Å²) in [6, 6.07) is 12.1. The normalized spacial score (nSPS) is 16.2. The Kier molecular flexibility index (Phi) is 5.81. The molecule has 1 atom stereocenters. The Hall–Kier alpha value is -2.32. The number of benzene rings is 2. The highest BCUT2D eigenvalue weighted by Gasteiger charge is 2.25. The second-order valence-corrected chi connectivity index (χ2v) is 10.3. The van der Waals surface area contributed by atoms with Gasteiger partial charge in [0.25, 0.3) is 0 Å². The monoisotopic (exact) mass is 418 g/mol. The van der Waals surface area contributed by atoms with E-state index < -0.39 is 9.84 Å². The molecule has 1 heterocycles. The van der Waals surface area contributed by atoms with Crippen molar-refractivity contribution >= 4 is 44.8 Å². The molecule has 0 fully saturated rings. The first-order valence-electron chi connectivity index (χ1n) is 8.85. The fourth-order valence-corrected chi connectivity index (χ4v) is 4.98. The molecule has 8 heteroatoms. The van der Waals surface area contributed by atoms with Crippen LogP contribution >= 0.6 is 11.8 Å². The van der Waals surface area contributed by atoms with E-state index in [0.29, 0.717) is 5.69 Å². The van der Waals surface area contributed by atoms with Crippen LogP contribution in [0.2, 0.25) is 0 Å². The zero-order valence-corrected chi connectivity index (χ0v) is 17.6. The van der Waals surface area contributed by atoms with Crippen LogP contribution in [0.25, 0.3) is 0 Å². The number of thioether (sulfide) groups is 1. The first-order chi connectivity index (χ1) is 13.2. The van der Waals surface area contributed by atoms with Gasteiger partial charge in [0.2, 0.25) is 11.8 Å². The molecular weight excluding hydrogens is 396 g/mol. The lowest BCUT2D eigenvalue weighted by Gasteiger charge is -2.22. The number of sulfone groups is 1. The predicted molar refractivity (Wildman–Crippen MR) is 112 cm³/mol. The van der Waals surface area contributed by atoms with E-state index in [-0.39, 0.29) is 34.1 Å². The van der Waals surface area contributed by atoms with Crippen molar-refractivity contribution < 1.29 is 18.0 Å². The molecule has 28 heavy (non-hydrogen) atoms. The average molecular weight is 419 g/mol. The summed E-state index contributed by atoms with van der Waals surface area (Å²) in [5.41, 5.74) is 2.30. The minimum atomic E-state index is -3.65. The Morgan fingerprint density at radius 1 is 1.18 bits per heavy atom. The second kappa shape index (κ2) is 7.97. The fourth-order valence-electron chi connectivity index (χ4n) is 2.80. The number of carbonyl (C=O) groups is 2. The fraction of sp³-hybridized carbons (Fsp3) is 0.300. The van der Waals surface area contributed by atoms with Crippen molar-refractivity contribution in [1.29, 1.82) is 0 Å². The van der Waals surface area contributed by atoms with Crippen molar-refractivity contribution in [2.75, 3.05) is 23.0 Å². The van der Waals surface area contributed by atoms with Gasteiger partial charge in [0.1, 0.15) is 0 Å². The minimum Gasteiger partial charge on any atom is -0.324 e. The zero-order chi connectivity index (χ0) is 20.5. The van der Waals surface area contributed by atoms with Crippen LogP contribution in [0.5, 0.6) is 0 Å². The summed E-state index contributed by atoms with van der Waals surface area (Å²) in [6.45, 7) is 3.75. The van der Waals surface area contributed by atoms with Gasteiger partial charge in [-0.15, -0.1) is 11.8 Å². The van der Waals surface area contributed by atoms with Gasteiger partial charge in [0.05, 0.1) is 21.6 Å². The van der Waals surface area contributed by atoms with Gasteiger partial charge >= 0.3 is 0 Å². The lowest BCUT2D eigenvalue weighted by Crippen LogP contribution is -2.28. The number of nitrogens with one attached hydrogen (secondary N) is 1. The van der Waals surface area contributed by atoms with Crippen molar-refractivity contribution in [2.24, 2.45) is 0 Å². The van der Waals surface area contributed by atoms with Crippen LogP contribution < -0.4 is 10.2 Å². The van der Waals surface area contributed by atoms with Crippen LogP contribution in [0.3, 0.4) is 0 Å². The van der Waals surface area contributed by atoms with Gasteiger partial charge in [-0.3, -0.25) is 9.59 Å². The summed E-state index contributed by atoms with van der Waals surface area (Å²) in [5, 5.41) is 2.51. The number of hydrogen-bond donors (Lipinski definition) is 1. The Bertz CT molecular complexity index is 1020. The van der Waals surface area contributed by atoms with E-state index >= 15 is 0 Å². The van der Waals surface area contributed by atoms with Gasteiger partial charge in [-0.25, -0.2) is 8.42 Å². The Morgan fingerprint density at radius 3 is 2.54 bits per heavy atom. The molecule has 0 saturated heterocycles. The standard InChI is InChI=1S/C20H22N2O4S2/c1-13-4-6-15(7-5-13)22(3)19(23)10-11-28(25,26)16-8-9-18-17(12-16)21-20(24)14(2)27-18/h4-9,12,14H,10-11H2,1-3H3,(H,21,24)/t14-/m1/s1. The molecule has 0 bridgehead atoms. The molecule has 6 nitrogen and oxygen atoms in total. The Balaban J connectivity index is 1.70. The molecule has 148 valence electrons. The van der Waals surface area contributed by atoms with Gasteiger partial charge < -0.3 is 10.2 Å². The molecule has 1 N–H and O–H groups in total. The van der Waals surface area contributed by atoms with E-state index in [0.717, 1.165) is 16.1 Å². The smallest absolute Gasteiger partial charge is 0.237 e. The number of anilines is 2. The molecule has 0 unspecified atom stereocenters. The molecule has 0 radical (unpaired) electrons. The predicted octanol–water partition coefficient (Wildman–Crippen LogP) is 3.25. The van der Waals surface area contributed by atoms with Gasteiger partial charge in [-0.2, -0.15) is 0 Å². The third kappa shape index (κ3) is 4.39. The largest absolute Gasteiger partial charge is 0.324 e. The molecule has 0 spiro atoms. The quantitative estimate of drug-likeness (QED) is 0.806. The summed E-state index contributed by atoms with van der Waals surface area (Å²) in [4.78, 5) is 26.6. The lowest BCUT2D eigenvalue weighted by molar-refractivity contribution is -0.118. The summed E-state index contributed by atoms with van der Waals surface area (Å²) in [7, 11) is -2.02. The Morgan fingerprint density at radius 2 is 1.86 bits per heavy atom. The third-order valence-corrected chi connectivity index (χ3v) is 7.51. The second-order valence-electron chi connectivity index (χ2n) is 6.76. The lowest BCUT2D eigenvalue weighted by atomic mass is 10.2. The molecule has 0 aromatic heterocycles. The highest BCUT2D eigenvalue weighted by atomic mass is 32.2. The first kappa shape index (κ1) is 20.4. The van der Waals surface area contributed by atoms with Crippen LogP contribution in [0.15, 0.2) is 52.3 Å². The number of amides is 2. The molecular formula is C20H22N2O4S2. The molecule has 0 saturated carbocycles. The minimum absolute atomic E-state index is 0.104. The highest BCUT2D eigenvalue weighted by Crippen LogP contribution is 2.36. The van der Waals surface area contributed by atoms with Gasteiger partial charge in [-0.1, -0.05) is 17.7 Å². The van der Waals surface area contributed by atoms with Crippen LogP contribution in [0.1, 0.15) is 18.9 Å². The maximum absolute atomic E-state index is 12.7. The van der Waals surface area contributed by atoms with Crippen LogP contribution in [0.4, 0.5) is 11.4 Å². The summed E-state index contributed by atoms with van der Waals surface area (Å²) >= 11 is 1.39. The van der Waals surface area contributed by atoms with Crippen molar-refractivity contribution in [3.8, 4) is 0 Å². The molecule has 1 aliphatic heterocycles. The van der Waals surface area contributed by atoms with Gasteiger partial charge in [-0.05, 0) is 44.2 Å². The van der Waals surface area contributed by atoms with E-state index in [1.54, 1.807) is 20.0 Å². The van der Waals surface area contributed by atoms with Gasteiger partial charge in [0, 0.05) is 24.1 Å².